The van der Waals surface area contributed by atoms with Crippen LogP contribution in [0.4, 0.5) is 10.2 Å². The monoisotopic (exact) mass is 349 g/mol. The summed E-state index contributed by atoms with van der Waals surface area (Å²) < 4.78 is 21.6. The van der Waals surface area contributed by atoms with Crippen LogP contribution in [0.15, 0.2) is 18.0 Å². The highest BCUT2D eigenvalue weighted by atomic mass is 19.1. The number of aliphatic hydroxyl groups is 1. The van der Waals surface area contributed by atoms with Gasteiger partial charge in [0.15, 0.2) is 17.0 Å². The van der Waals surface area contributed by atoms with Crippen LogP contribution in [0.1, 0.15) is 45.8 Å². The van der Waals surface area contributed by atoms with Gasteiger partial charge < -0.3 is 15.2 Å². The lowest BCUT2D eigenvalue weighted by molar-refractivity contribution is 0.00928. The summed E-state index contributed by atoms with van der Waals surface area (Å²) in [4.78, 5) is 12.2. The van der Waals surface area contributed by atoms with Crippen molar-refractivity contribution in [3.8, 4) is 0 Å². The molecule has 1 saturated heterocycles. The van der Waals surface area contributed by atoms with Crippen LogP contribution in [0.2, 0.25) is 0 Å². The Morgan fingerprint density at radius 1 is 1.48 bits per heavy atom. The summed E-state index contributed by atoms with van der Waals surface area (Å²) in [6, 6.07) is -0.135. The number of rotatable bonds is 5. The summed E-state index contributed by atoms with van der Waals surface area (Å²) >= 11 is 0. The molecule has 0 aromatic carbocycles. The number of hydrogen-bond acceptors (Lipinski definition) is 6. The second kappa shape index (κ2) is 7.88. The molecule has 2 aromatic heterocycles. The van der Waals surface area contributed by atoms with Crippen LogP contribution in [-0.4, -0.2) is 43.9 Å². The van der Waals surface area contributed by atoms with E-state index >= 15 is 0 Å². The highest BCUT2D eigenvalue weighted by Crippen LogP contribution is 2.27. The Bertz CT molecular complexity index is 753. The number of aromatic nitrogens is 4. The molecule has 0 radical (unpaired) electrons. The van der Waals surface area contributed by atoms with Gasteiger partial charge in [-0.2, -0.15) is 14.4 Å². The highest BCUT2D eigenvalue weighted by molar-refractivity contribution is 5.83. The molecule has 1 aliphatic rings. The minimum atomic E-state index is -0.805. The van der Waals surface area contributed by atoms with Gasteiger partial charge in [0.25, 0.3) is 0 Å². The zero-order chi connectivity index (χ0) is 17.8. The molecule has 1 fully saturated rings. The van der Waals surface area contributed by atoms with Crippen LogP contribution >= 0.6 is 0 Å². The molecule has 0 bridgehead atoms. The molecule has 0 amide bonds. The zero-order valence-electron chi connectivity index (χ0n) is 14.6. The van der Waals surface area contributed by atoms with E-state index in [0.717, 1.165) is 31.3 Å². The Kier molecular flexibility index (Phi) is 5.60. The van der Waals surface area contributed by atoms with Crippen molar-refractivity contribution in [2.75, 3.05) is 18.5 Å². The van der Waals surface area contributed by atoms with Crippen molar-refractivity contribution in [3.05, 3.63) is 24.1 Å². The van der Waals surface area contributed by atoms with Gasteiger partial charge in [-0.25, -0.2) is 4.98 Å². The smallest absolute Gasteiger partial charge is 0.312 e. The molecule has 2 aromatic rings. The first-order valence-electron chi connectivity index (χ1n) is 8.65. The normalized spacial score (nSPS) is 20.5. The van der Waals surface area contributed by atoms with Gasteiger partial charge in [-0.1, -0.05) is 18.1 Å². The maximum absolute atomic E-state index is 14.0. The maximum Gasteiger partial charge on any atom is 0.312 e. The van der Waals surface area contributed by atoms with Crippen molar-refractivity contribution in [2.24, 2.45) is 0 Å². The molecule has 0 spiro atoms. The average molecular weight is 349 g/mol. The Balaban J connectivity index is 1.92. The fraction of sp³-hybridized carbons (Fsp3) is 0.588. The molecule has 0 saturated carbocycles. The lowest BCUT2D eigenvalue weighted by atomic mass is 10.2. The van der Waals surface area contributed by atoms with Gasteiger partial charge in [0.2, 0.25) is 0 Å². The number of fused-ring (bicyclic) bond motifs is 1. The van der Waals surface area contributed by atoms with Crippen LogP contribution in [-0.2, 0) is 4.74 Å². The summed E-state index contributed by atoms with van der Waals surface area (Å²) in [5.41, 5.74) is 1.76. The summed E-state index contributed by atoms with van der Waals surface area (Å²) in [5.74, 6) is 0.337. The van der Waals surface area contributed by atoms with Crippen LogP contribution in [0, 0.1) is 6.08 Å². The molecule has 2 N–H and O–H groups in total. The van der Waals surface area contributed by atoms with Crippen molar-refractivity contribution in [1.82, 2.24) is 19.5 Å². The van der Waals surface area contributed by atoms with Crippen molar-refractivity contribution in [3.63, 3.8) is 0 Å². The molecule has 8 heteroatoms. The molecule has 2 atom stereocenters. The van der Waals surface area contributed by atoms with Crippen LogP contribution in [0.5, 0.6) is 0 Å². The van der Waals surface area contributed by atoms with E-state index in [-0.39, 0.29) is 18.9 Å². The summed E-state index contributed by atoms with van der Waals surface area (Å²) in [5, 5.41) is 12.2. The number of nitrogens with one attached hydrogen (secondary N) is 1. The predicted octanol–water partition coefficient (Wildman–Crippen LogP) is 2.79. The van der Waals surface area contributed by atoms with Gasteiger partial charge in [-0.15, -0.1) is 0 Å². The first-order chi connectivity index (χ1) is 12.1. The van der Waals surface area contributed by atoms with Crippen molar-refractivity contribution in [1.29, 1.82) is 0 Å². The van der Waals surface area contributed by atoms with Crippen molar-refractivity contribution >= 4 is 17.0 Å². The largest absolute Gasteiger partial charge is 0.392 e. The van der Waals surface area contributed by atoms with E-state index in [9.17, 15) is 4.39 Å². The maximum atomic E-state index is 14.0. The lowest BCUT2D eigenvalue weighted by Gasteiger charge is -2.17. The summed E-state index contributed by atoms with van der Waals surface area (Å²) in [7, 11) is 0. The fourth-order valence-electron chi connectivity index (χ4n) is 3.06. The molecule has 3 heterocycles. The Labute approximate surface area is 145 Å². The topological polar surface area (TPSA) is 85.1 Å². The zero-order valence-corrected chi connectivity index (χ0v) is 14.6. The van der Waals surface area contributed by atoms with E-state index in [1.807, 2.05) is 19.9 Å². The van der Waals surface area contributed by atoms with Gasteiger partial charge in [-0.05, 0) is 33.1 Å². The van der Waals surface area contributed by atoms with E-state index in [4.69, 9.17) is 9.84 Å². The third-order valence-electron chi connectivity index (χ3n) is 4.26. The molecule has 25 heavy (non-hydrogen) atoms. The second-order valence-electron chi connectivity index (χ2n) is 6.44. The Hall–Kier alpha value is -2.06. The van der Waals surface area contributed by atoms with Gasteiger partial charge in [0.1, 0.15) is 6.23 Å². The van der Waals surface area contributed by atoms with E-state index in [1.54, 1.807) is 10.9 Å². The Morgan fingerprint density at radius 2 is 2.32 bits per heavy atom. The fourth-order valence-corrected chi connectivity index (χ4v) is 3.06. The molecule has 0 aliphatic carbocycles. The summed E-state index contributed by atoms with van der Waals surface area (Å²) in [6.45, 7) is 4.39. The molecular weight excluding hydrogens is 325 g/mol. The Morgan fingerprint density at radius 3 is 3.12 bits per heavy atom. The molecule has 1 aliphatic heterocycles. The number of ether oxygens (including phenoxy) is 1. The highest BCUT2D eigenvalue weighted by Gasteiger charge is 2.21. The van der Waals surface area contributed by atoms with Gasteiger partial charge in [-0.3, -0.25) is 4.57 Å². The molecule has 136 valence electrons. The lowest BCUT2D eigenvalue weighted by Crippen LogP contribution is -2.16. The second-order valence-corrected chi connectivity index (χ2v) is 6.44. The number of halogens is 1. The molecule has 3 rings (SSSR count). The number of aliphatic hydroxyl groups excluding tert-OH is 1. The first-order valence-corrected chi connectivity index (χ1v) is 8.65. The molecule has 7 nitrogen and oxygen atoms in total. The van der Waals surface area contributed by atoms with Gasteiger partial charge in [0.05, 0.1) is 12.9 Å². The van der Waals surface area contributed by atoms with Crippen LogP contribution < -0.4 is 5.32 Å². The minimum Gasteiger partial charge on any atom is -0.392 e. The number of nitrogens with zero attached hydrogens (tertiary/aromatic N) is 4. The SMILES string of the molecule is C/C(=C\C(C)Nc1nc(F)nc2c1ncn2C1CCCCCO1)CO. The third kappa shape index (κ3) is 4.13. The van der Waals surface area contributed by atoms with Crippen molar-refractivity contribution in [2.45, 2.75) is 51.8 Å². The van der Waals surface area contributed by atoms with E-state index in [2.05, 4.69) is 20.3 Å². The number of imidazole rings is 1. The van der Waals surface area contributed by atoms with E-state index < -0.39 is 6.08 Å². The number of anilines is 1. The van der Waals surface area contributed by atoms with Gasteiger partial charge >= 0.3 is 6.08 Å². The average Bonchev–Trinajstić information content (AvgIpc) is 2.81. The van der Waals surface area contributed by atoms with Gasteiger partial charge in [0, 0.05) is 12.6 Å². The van der Waals surface area contributed by atoms with E-state index in [0.29, 0.717) is 23.6 Å². The van der Waals surface area contributed by atoms with Crippen LogP contribution in [0.3, 0.4) is 0 Å². The third-order valence-corrected chi connectivity index (χ3v) is 4.26. The van der Waals surface area contributed by atoms with Crippen LogP contribution in [0.25, 0.3) is 11.2 Å². The predicted molar refractivity (Wildman–Crippen MR) is 92.7 cm³/mol. The molecule has 2 unspecified atom stereocenters. The minimum absolute atomic E-state index is 0.0206. The molecular formula is C17H24FN5O2. The van der Waals surface area contributed by atoms with Crippen molar-refractivity contribution < 1.29 is 14.2 Å². The quantitative estimate of drug-likeness (QED) is 0.638. The standard InChI is InChI=1S/C17H24FN5O2/c1-11(9-24)8-12(2)20-15-14-16(22-17(18)21-15)23(10-19-14)13-6-4-3-5-7-25-13/h8,10,12-13,24H,3-7,9H2,1-2H3,(H,20,21,22)/b11-8+. The summed E-state index contributed by atoms with van der Waals surface area (Å²) in [6.07, 6.45) is 6.60. The van der Waals surface area contributed by atoms with E-state index in [1.165, 1.54) is 0 Å². The number of hydrogen-bond donors (Lipinski definition) is 2. The first kappa shape index (κ1) is 17.8.